The van der Waals surface area contributed by atoms with Gasteiger partial charge < -0.3 is 5.32 Å². The Balaban J connectivity index is 1.72. The summed E-state index contributed by atoms with van der Waals surface area (Å²) < 4.78 is 0. The summed E-state index contributed by atoms with van der Waals surface area (Å²) in [4.78, 5) is 20.5. The van der Waals surface area contributed by atoms with E-state index in [2.05, 4.69) is 20.6 Å². The molecule has 0 radical (unpaired) electrons. The predicted octanol–water partition coefficient (Wildman–Crippen LogP) is 2.71. The molecule has 1 aliphatic carbocycles. The van der Waals surface area contributed by atoms with Crippen LogP contribution in [0.25, 0.3) is 0 Å². The molecule has 1 saturated carbocycles. The molecule has 1 amide bonds. The molecule has 2 aromatic rings. The molecule has 0 aliphatic heterocycles. The van der Waals surface area contributed by atoms with Gasteiger partial charge in [0.15, 0.2) is 5.13 Å². The maximum Gasteiger partial charge on any atom is 0.276 e. The van der Waals surface area contributed by atoms with Crippen LogP contribution >= 0.6 is 11.3 Å². The second-order valence-electron chi connectivity index (χ2n) is 4.49. The lowest BCUT2D eigenvalue weighted by Gasteiger charge is -2.03. The molecular formula is C13H14N4OS. The Hall–Kier alpha value is -1.95. The maximum absolute atomic E-state index is 12.0. The average Bonchev–Trinajstić information content (AvgIpc) is 3.19. The zero-order chi connectivity index (χ0) is 13.2. The van der Waals surface area contributed by atoms with E-state index in [1.807, 2.05) is 11.4 Å². The van der Waals surface area contributed by atoms with E-state index in [0.29, 0.717) is 16.7 Å². The number of pyridine rings is 1. The number of aromatic nitrogens is 2. The van der Waals surface area contributed by atoms with Crippen molar-refractivity contribution in [2.45, 2.75) is 18.8 Å². The van der Waals surface area contributed by atoms with Crippen molar-refractivity contribution in [1.82, 2.24) is 9.97 Å². The van der Waals surface area contributed by atoms with Gasteiger partial charge in [-0.2, -0.15) is 0 Å². The van der Waals surface area contributed by atoms with Crippen molar-refractivity contribution in [1.29, 1.82) is 0 Å². The molecule has 2 N–H and O–H groups in total. The van der Waals surface area contributed by atoms with Gasteiger partial charge in [-0.1, -0.05) is 0 Å². The average molecular weight is 274 g/mol. The molecule has 0 saturated heterocycles. The third kappa shape index (κ3) is 2.73. The minimum absolute atomic E-state index is 0.228. The summed E-state index contributed by atoms with van der Waals surface area (Å²) in [6.07, 6.45) is 4.03. The Kier molecular flexibility index (Phi) is 3.16. The molecule has 98 valence electrons. The fourth-order valence-electron chi connectivity index (χ4n) is 1.78. The highest BCUT2D eigenvalue weighted by Crippen LogP contribution is 2.40. The van der Waals surface area contributed by atoms with Gasteiger partial charge >= 0.3 is 0 Å². The summed E-state index contributed by atoms with van der Waals surface area (Å²) in [6, 6.07) is 3.52. The van der Waals surface area contributed by atoms with Gasteiger partial charge in [0.05, 0.1) is 5.69 Å². The van der Waals surface area contributed by atoms with Crippen LogP contribution in [-0.4, -0.2) is 22.9 Å². The second kappa shape index (κ2) is 4.97. The quantitative estimate of drug-likeness (QED) is 0.899. The van der Waals surface area contributed by atoms with E-state index in [0.717, 1.165) is 11.4 Å². The van der Waals surface area contributed by atoms with Gasteiger partial charge in [0, 0.05) is 30.2 Å². The molecule has 2 aromatic heterocycles. The number of amides is 1. The summed E-state index contributed by atoms with van der Waals surface area (Å²) in [7, 11) is 1.81. The zero-order valence-corrected chi connectivity index (χ0v) is 11.3. The van der Waals surface area contributed by atoms with Gasteiger partial charge in [-0.15, -0.1) is 11.3 Å². The first kappa shape index (κ1) is 12.1. The molecule has 0 aromatic carbocycles. The Morgan fingerprint density at radius 3 is 3.05 bits per heavy atom. The molecule has 0 bridgehead atoms. The first-order valence-electron chi connectivity index (χ1n) is 6.17. The predicted molar refractivity (Wildman–Crippen MR) is 75.8 cm³/mol. The smallest absolute Gasteiger partial charge is 0.276 e. The van der Waals surface area contributed by atoms with Crippen molar-refractivity contribution in [3.05, 3.63) is 35.1 Å². The van der Waals surface area contributed by atoms with E-state index in [4.69, 9.17) is 0 Å². The fourth-order valence-corrected chi connectivity index (χ4v) is 2.57. The lowest BCUT2D eigenvalue weighted by atomic mass is 10.3. The third-order valence-corrected chi connectivity index (χ3v) is 3.80. The highest BCUT2D eigenvalue weighted by atomic mass is 32.1. The van der Waals surface area contributed by atoms with E-state index in [9.17, 15) is 4.79 Å². The Morgan fingerprint density at radius 2 is 2.32 bits per heavy atom. The number of carbonyl (C=O) groups excluding carboxylic acids is 1. The van der Waals surface area contributed by atoms with Crippen LogP contribution < -0.4 is 10.6 Å². The van der Waals surface area contributed by atoms with Gasteiger partial charge in [-0.3, -0.25) is 15.1 Å². The number of hydrogen-bond acceptors (Lipinski definition) is 5. The molecule has 0 spiro atoms. The number of anilines is 2. The standard InChI is InChI=1S/C13H14N4OS/c1-14-9-4-5-15-10(6-9)12(18)17-13-16-11(7-19-13)8-2-3-8/h4-8H,2-3H2,1H3,(H,14,15)(H,16,17,18). The topological polar surface area (TPSA) is 66.9 Å². The highest BCUT2D eigenvalue weighted by Gasteiger charge is 2.26. The van der Waals surface area contributed by atoms with Crippen LogP contribution in [0.15, 0.2) is 23.7 Å². The van der Waals surface area contributed by atoms with E-state index in [1.54, 1.807) is 19.3 Å². The molecule has 2 heterocycles. The molecule has 1 aliphatic rings. The SMILES string of the molecule is CNc1ccnc(C(=O)Nc2nc(C3CC3)cs2)c1. The van der Waals surface area contributed by atoms with Gasteiger partial charge in [-0.25, -0.2) is 4.98 Å². The van der Waals surface area contributed by atoms with Crippen LogP contribution in [-0.2, 0) is 0 Å². The Morgan fingerprint density at radius 1 is 1.47 bits per heavy atom. The van der Waals surface area contributed by atoms with Crippen LogP contribution in [0.3, 0.4) is 0 Å². The zero-order valence-electron chi connectivity index (χ0n) is 10.5. The number of nitrogens with zero attached hydrogens (tertiary/aromatic N) is 2. The molecule has 1 fully saturated rings. The molecule has 3 rings (SSSR count). The van der Waals surface area contributed by atoms with Crippen LogP contribution in [0, 0.1) is 0 Å². The van der Waals surface area contributed by atoms with Crippen molar-refractivity contribution in [2.24, 2.45) is 0 Å². The first-order valence-corrected chi connectivity index (χ1v) is 7.05. The molecule has 5 nitrogen and oxygen atoms in total. The highest BCUT2D eigenvalue weighted by molar-refractivity contribution is 7.14. The summed E-state index contributed by atoms with van der Waals surface area (Å²) in [6.45, 7) is 0. The monoisotopic (exact) mass is 274 g/mol. The Labute approximate surface area is 115 Å². The largest absolute Gasteiger partial charge is 0.388 e. The van der Waals surface area contributed by atoms with Gasteiger partial charge in [-0.05, 0) is 25.0 Å². The lowest BCUT2D eigenvalue weighted by molar-refractivity contribution is 0.102. The number of rotatable bonds is 4. The first-order chi connectivity index (χ1) is 9.26. The number of thiazole rings is 1. The summed E-state index contributed by atoms with van der Waals surface area (Å²) >= 11 is 1.46. The summed E-state index contributed by atoms with van der Waals surface area (Å²) in [5, 5.41) is 8.43. The van der Waals surface area contributed by atoms with Crippen molar-refractivity contribution in [3.63, 3.8) is 0 Å². The minimum Gasteiger partial charge on any atom is -0.388 e. The third-order valence-electron chi connectivity index (χ3n) is 3.02. The van der Waals surface area contributed by atoms with E-state index >= 15 is 0 Å². The van der Waals surface area contributed by atoms with Crippen molar-refractivity contribution in [2.75, 3.05) is 17.7 Å². The number of nitrogens with one attached hydrogen (secondary N) is 2. The van der Waals surface area contributed by atoms with Gasteiger partial charge in [0.2, 0.25) is 0 Å². The fraction of sp³-hybridized carbons (Fsp3) is 0.308. The van der Waals surface area contributed by atoms with Gasteiger partial charge in [0.25, 0.3) is 5.91 Å². The molecule has 0 unspecified atom stereocenters. The molecule has 19 heavy (non-hydrogen) atoms. The molecule has 0 atom stereocenters. The van der Waals surface area contributed by atoms with Crippen molar-refractivity contribution in [3.8, 4) is 0 Å². The van der Waals surface area contributed by atoms with Crippen molar-refractivity contribution >= 4 is 28.1 Å². The second-order valence-corrected chi connectivity index (χ2v) is 5.34. The van der Waals surface area contributed by atoms with Crippen LogP contribution in [0.5, 0.6) is 0 Å². The molecule has 6 heteroatoms. The normalized spacial score (nSPS) is 14.2. The van der Waals surface area contributed by atoms with Crippen LogP contribution in [0.2, 0.25) is 0 Å². The Bertz CT molecular complexity index is 606. The maximum atomic E-state index is 12.0. The minimum atomic E-state index is -0.228. The van der Waals surface area contributed by atoms with E-state index in [-0.39, 0.29) is 5.91 Å². The van der Waals surface area contributed by atoms with Crippen molar-refractivity contribution < 1.29 is 4.79 Å². The summed E-state index contributed by atoms with van der Waals surface area (Å²) in [5.74, 6) is 0.376. The van der Waals surface area contributed by atoms with E-state index in [1.165, 1.54) is 24.2 Å². The summed E-state index contributed by atoms with van der Waals surface area (Å²) in [5.41, 5.74) is 2.34. The van der Waals surface area contributed by atoms with E-state index < -0.39 is 0 Å². The lowest BCUT2D eigenvalue weighted by Crippen LogP contribution is -2.13. The van der Waals surface area contributed by atoms with Gasteiger partial charge in [0.1, 0.15) is 5.69 Å². The van der Waals surface area contributed by atoms with Crippen LogP contribution in [0.4, 0.5) is 10.8 Å². The van der Waals surface area contributed by atoms with Crippen LogP contribution in [0.1, 0.15) is 34.9 Å². The number of carbonyl (C=O) groups is 1. The number of hydrogen-bond donors (Lipinski definition) is 2. The molecular weight excluding hydrogens is 260 g/mol.